The van der Waals surface area contributed by atoms with Crippen LogP contribution in [0, 0.1) is 6.92 Å². The SMILES string of the molecule is CCCNC(=O)Oc1nc(C)ccc1C(=O)Nc1cccc(Cl)c1C(=O)OC. The number of carbonyl (C=O) groups excluding carboxylic acids is 3. The molecule has 148 valence electrons. The maximum absolute atomic E-state index is 12.8. The lowest BCUT2D eigenvalue weighted by molar-refractivity contribution is 0.0602. The lowest BCUT2D eigenvalue weighted by Crippen LogP contribution is -2.28. The Hall–Kier alpha value is -3.13. The fourth-order valence-corrected chi connectivity index (χ4v) is 2.51. The summed E-state index contributed by atoms with van der Waals surface area (Å²) in [6.45, 7) is 4.02. The third-order valence-corrected chi connectivity index (χ3v) is 3.92. The first-order valence-electron chi connectivity index (χ1n) is 8.48. The van der Waals surface area contributed by atoms with Crippen LogP contribution in [0.5, 0.6) is 5.88 Å². The van der Waals surface area contributed by atoms with Crippen molar-refractivity contribution in [3.05, 3.63) is 52.2 Å². The number of methoxy groups -OCH3 is 1. The van der Waals surface area contributed by atoms with E-state index in [1.807, 2.05) is 6.92 Å². The molecule has 0 unspecified atom stereocenters. The monoisotopic (exact) mass is 405 g/mol. The number of esters is 1. The number of nitrogens with one attached hydrogen (secondary N) is 2. The summed E-state index contributed by atoms with van der Waals surface area (Å²) in [5.41, 5.74) is 0.760. The van der Waals surface area contributed by atoms with E-state index < -0.39 is 18.0 Å². The first-order chi connectivity index (χ1) is 13.4. The van der Waals surface area contributed by atoms with E-state index in [9.17, 15) is 14.4 Å². The van der Waals surface area contributed by atoms with Gasteiger partial charge in [0.1, 0.15) is 11.1 Å². The zero-order chi connectivity index (χ0) is 20.7. The molecule has 2 amide bonds. The number of hydrogen-bond acceptors (Lipinski definition) is 6. The second-order valence-electron chi connectivity index (χ2n) is 5.73. The molecule has 1 aromatic carbocycles. The molecule has 8 nitrogen and oxygen atoms in total. The summed E-state index contributed by atoms with van der Waals surface area (Å²) in [4.78, 5) is 40.7. The molecule has 0 aliphatic carbocycles. The fraction of sp³-hybridized carbons (Fsp3) is 0.263. The Morgan fingerprint density at radius 2 is 1.93 bits per heavy atom. The predicted molar refractivity (Wildman–Crippen MR) is 104 cm³/mol. The molecule has 0 fully saturated rings. The Labute approximate surface area is 167 Å². The number of benzene rings is 1. The summed E-state index contributed by atoms with van der Waals surface area (Å²) < 4.78 is 9.88. The van der Waals surface area contributed by atoms with Crippen molar-refractivity contribution in [2.75, 3.05) is 19.0 Å². The second-order valence-corrected chi connectivity index (χ2v) is 6.14. The Morgan fingerprint density at radius 3 is 2.61 bits per heavy atom. The number of amides is 2. The number of halogens is 1. The van der Waals surface area contributed by atoms with Crippen molar-refractivity contribution in [3.8, 4) is 5.88 Å². The molecular weight excluding hydrogens is 386 g/mol. The number of anilines is 1. The van der Waals surface area contributed by atoms with Gasteiger partial charge in [-0.15, -0.1) is 0 Å². The van der Waals surface area contributed by atoms with Crippen molar-refractivity contribution < 1.29 is 23.9 Å². The van der Waals surface area contributed by atoms with Crippen LogP contribution in [-0.2, 0) is 4.74 Å². The molecule has 1 heterocycles. The van der Waals surface area contributed by atoms with Crippen molar-refractivity contribution in [1.82, 2.24) is 10.3 Å². The van der Waals surface area contributed by atoms with Crippen LogP contribution >= 0.6 is 11.6 Å². The van der Waals surface area contributed by atoms with Crippen molar-refractivity contribution in [2.24, 2.45) is 0 Å². The number of nitrogens with zero attached hydrogens (tertiary/aromatic N) is 1. The van der Waals surface area contributed by atoms with E-state index in [4.69, 9.17) is 21.1 Å². The van der Waals surface area contributed by atoms with E-state index in [-0.39, 0.29) is 27.7 Å². The average Bonchev–Trinajstić information content (AvgIpc) is 2.66. The normalized spacial score (nSPS) is 10.1. The topological polar surface area (TPSA) is 107 Å². The number of aryl methyl sites for hydroxylation is 1. The van der Waals surface area contributed by atoms with Crippen LogP contribution in [0.3, 0.4) is 0 Å². The maximum atomic E-state index is 12.8. The number of carbonyl (C=O) groups is 3. The van der Waals surface area contributed by atoms with Crippen LogP contribution in [-0.4, -0.2) is 36.6 Å². The highest BCUT2D eigenvalue weighted by Gasteiger charge is 2.21. The summed E-state index contributed by atoms with van der Waals surface area (Å²) in [5.74, 6) is -1.47. The van der Waals surface area contributed by atoms with Crippen LogP contribution < -0.4 is 15.4 Å². The second kappa shape index (κ2) is 9.70. The van der Waals surface area contributed by atoms with Crippen molar-refractivity contribution in [1.29, 1.82) is 0 Å². The fourth-order valence-electron chi connectivity index (χ4n) is 2.26. The summed E-state index contributed by atoms with van der Waals surface area (Å²) >= 11 is 6.06. The number of aromatic nitrogens is 1. The third kappa shape index (κ3) is 5.20. The van der Waals surface area contributed by atoms with E-state index in [0.29, 0.717) is 12.2 Å². The molecule has 0 aliphatic rings. The summed E-state index contributed by atoms with van der Waals surface area (Å²) in [6, 6.07) is 7.66. The van der Waals surface area contributed by atoms with Gasteiger partial charge in [-0.25, -0.2) is 14.6 Å². The highest BCUT2D eigenvalue weighted by Crippen LogP contribution is 2.26. The Morgan fingerprint density at radius 1 is 1.18 bits per heavy atom. The average molecular weight is 406 g/mol. The van der Waals surface area contributed by atoms with Gasteiger partial charge in [-0.05, 0) is 37.6 Å². The van der Waals surface area contributed by atoms with Gasteiger partial charge in [0, 0.05) is 12.2 Å². The van der Waals surface area contributed by atoms with Crippen LogP contribution in [0.1, 0.15) is 39.8 Å². The zero-order valence-electron chi connectivity index (χ0n) is 15.7. The smallest absolute Gasteiger partial charge is 0.413 e. The van der Waals surface area contributed by atoms with Crippen molar-refractivity contribution in [3.63, 3.8) is 0 Å². The first-order valence-corrected chi connectivity index (χ1v) is 8.86. The van der Waals surface area contributed by atoms with E-state index >= 15 is 0 Å². The molecule has 2 rings (SSSR count). The molecule has 1 aromatic heterocycles. The van der Waals surface area contributed by atoms with Gasteiger partial charge in [0.15, 0.2) is 0 Å². The molecule has 0 saturated carbocycles. The first kappa shape index (κ1) is 21.2. The molecule has 2 N–H and O–H groups in total. The van der Waals surface area contributed by atoms with Gasteiger partial charge < -0.3 is 20.1 Å². The van der Waals surface area contributed by atoms with Gasteiger partial charge in [-0.3, -0.25) is 4.79 Å². The molecule has 0 spiro atoms. The van der Waals surface area contributed by atoms with Crippen LogP contribution in [0.2, 0.25) is 5.02 Å². The highest BCUT2D eigenvalue weighted by molar-refractivity contribution is 6.34. The van der Waals surface area contributed by atoms with E-state index in [2.05, 4.69) is 15.6 Å². The third-order valence-electron chi connectivity index (χ3n) is 3.60. The van der Waals surface area contributed by atoms with Gasteiger partial charge in [0.2, 0.25) is 5.88 Å². The molecule has 0 saturated heterocycles. The van der Waals surface area contributed by atoms with E-state index in [1.54, 1.807) is 19.1 Å². The highest BCUT2D eigenvalue weighted by atomic mass is 35.5. The van der Waals surface area contributed by atoms with Crippen LogP contribution in [0.4, 0.5) is 10.5 Å². The number of pyridine rings is 1. The minimum atomic E-state index is -0.716. The quantitative estimate of drug-likeness (QED) is 0.711. The molecule has 2 aromatic rings. The Balaban J connectivity index is 2.32. The molecule has 9 heteroatoms. The lowest BCUT2D eigenvalue weighted by Gasteiger charge is -2.13. The zero-order valence-corrected chi connectivity index (χ0v) is 16.4. The summed E-state index contributed by atoms with van der Waals surface area (Å²) in [5, 5.41) is 5.25. The van der Waals surface area contributed by atoms with E-state index in [1.165, 1.54) is 25.3 Å². The largest absolute Gasteiger partial charge is 0.465 e. The standard InChI is InChI=1S/C19H20ClN3O5/c1-4-10-21-19(26)28-17-12(9-8-11(2)22-17)16(24)23-14-7-5-6-13(20)15(14)18(25)27-3/h5-9H,4,10H2,1-3H3,(H,21,26)(H,23,24). The van der Waals surface area contributed by atoms with Crippen LogP contribution in [0.15, 0.2) is 30.3 Å². The molecule has 28 heavy (non-hydrogen) atoms. The minimum absolute atomic E-state index is 0.0169. The van der Waals surface area contributed by atoms with Gasteiger partial charge in [-0.2, -0.15) is 0 Å². The van der Waals surface area contributed by atoms with Crippen molar-refractivity contribution >= 4 is 35.3 Å². The molecule has 0 aliphatic heterocycles. The molecule has 0 bridgehead atoms. The summed E-state index contributed by atoms with van der Waals surface area (Å²) in [7, 11) is 1.21. The van der Waals surface area contributed by atoms with Gasteiger partial charge in [-0.1, -0.05) is 24.6 Å². The molecule has 0 atom stereocenters. The van der Waals surface area contributed by atoms with Crippen molar-refractivity contribution in [2.45, 2.75) is 20.3 Å². The summed E-state index contributed by atoms with van der Waals surface area (Å²) in [6.07, 6.45) is 0.0152. The Kier molecular flexibility index (Phi) is 7.34. The predicted octanol–water partition coefficient (Wildman–Crippen LogP) is 3.58. The van der Waals surface area contributed by atoms with Crippen LogP contribution in [0.25, 0.3) is 0 Å². The molecule has 0 radical (unpaired) electrons. The minimum Gasteiger partial charge on any atom is -0.465 e. The number of rotatable bonds is 6. The number of ether oxygens (including phenoxy) is 2. The van der Waals surface area contributed by atoms with E-state index in [0.717, 1.165) is 6.42 Å². The maximum Gasteiger partial charge on any atom is 0.413 e. The molecular formula is C19H20ClN3O5. The number of hydrogen-bond donors (Lipinski definition) is 2. The lowest BCUT2D eigenvalue weighted by atomic mass is 10.1. The van der Waals surface area contributed by atoms with Gasteiger partial charge >= 0.3 is 12.1 Å². The Bertz CT molecular complexity index is 901. The van der Waals surface area contributed by atoms with Gasteiger partial charge in [0.05, 0.1) is 17.8 Å². The van der Waals surface area contributed by atoms with Gasteiger partial charge in [0.25, 0.3) is 5.91 Å².